The van der Waals surface area contributed by atoms with Gasteiger partial charge in [-0.2, -0.15) is 16.9 Å². The molecule has 21 heavy (non-hydrogen) atoms. The van der Waals surface area contributed by atoms with E-state index in [2.05, 4.69) is 27.3 Å². The van der Waals surface area contributed by atoms with E-state index in [9.17, 15) is 0 Å². The number of hydrogen-bond donors (Lipinski definition) is 1. The highest BCUT2D eigenvalue weighted by atomic mass is 32.2. The summed E-state index contributed by atoms with van der Waals surface area (Å²) in [4.78, 5) is 9.34. The maximum Gasteiger partial charge on any atom is 0.163 e. The molecule has 0 saturated heterocycles. The molecule has 2 aromatic heterocycles. The second-order valence-electron chi connectivity index (χ2n) is 5.69. The van der Waals surface area contributed by atoms with Crippen LogP contribution in [0.25, 0.3) is 11.0 Å². The molecule has 0 amide bonds. The number of hydrogen-bond acceptors (Lipinski definition) is 5. The molecule has 3 rings (SSSR count). The van der Waals surface area contributed by atoms with Gasteiger partial charge in [0.25, 0.3) is 0 Å². The fourth-order valence-corrected chi connectivity index (χ4v) is 4.02. The molecule has 2 heterocycles. The molecule has 0 bridgehead atoms. The Morgan fingerprint density at radius 1 is 1.33 bits per heavy atom. The lowest BCUT2D eigenvalue weighted by Crippen LogP contribution is -2.05. The molecule has 2 aromatic rings. The SMILES string of the molecule is CCNc1nc(CSCC2CCCC2)nc2c1cnn2C. The van der Waals surface area contributed by atoms with E-state index in [1.54, 1.807) is 0 Å². The normalized spacial score (nSPS) is 15.9. The number of fused-ring (bicyclic) bond motifs is 1. The van der Waals surface area contributed by atoms with Crippen LogP contribution in [0.1, 0.15) is 38.4 Å². The van der Waals surface area contributed by atoms with Crippen molar-refractivity contribution in [2.75, 3.05) is 17.6 Å². The Morgan fingerprint density at radius 2 is 2.14 bits per heavy atom. The van der Waals surface area contributed by atoms with Crippen molar-refractivity contribution >= 4 is 28.6 Å². The summed E-state index contributed by atoms with van der Waals surface area (Å²) >= 11 is 1.96. The first kappa shape index (κ1) is 14.6. The predicted octanol–water partition coefficient (Wildman–Crippen LogP) is 3.22. The van der Waals surface area contributed by atoms with Gasteiger partial charge in [-0.3, -0.25) is 4.68 Å². The fourth-order valence-electron chi connectivity index (χ4n) is 2.93. The second-order valence-corrected chi connectivity index (χ2v) is 6.72. The van der Waals surface area contributed by atoms with E-state index >= 15 is 0 Å². The van der Waals surface area contributed by atoms with Crippen molar-refractivity contribution in [1.82, 2.24) is 19.7 Å². The largest absolute Gasteiger partial charge is 0.370 e. The topological polar surface area (TPSA) is 55.6 Å². The molecule has 0 radical (unpaired) electrons. The van der Waals surface area contributed by atoms with Crippen LogP contribution in [0.15, 0.2) is 6.20 Å². The number of rotatable bonds is 6. The van der Waals surface area contributed by atoms with Gasteiger partial charge in [0.2, 0.25) is 0 Å². The van der Waals surface area contributed by atoms with E-state index in [0.717, 1.165) is 40.9 Å². The molecule has 0 atom stereocenters. The van der Waals surface area contributed by atoms with Crippen LogP contribution in [0.3, 0.4) is 0 Å². The maximum atomic E-state index is 4.67. The molecule has 0 aliphatic heterocycles. The maximum absolute atomic E-state index is 4.67. The van der Waals surface area contributed by atoms with Crippen molar-refractivity contribution in [2.45, 2.75) is 38.4 Å². The minimum absolute atomic E-state index is 0.857. The van der Waals surface area contributed by atoms with Crippen LogP contribution in [0, 0.1) is 5.92 Å². The zero-order chi connectivity index (χ0) is 14.7. The Kier molecular flexibility index (Phi) is 4.63. The molecular weight excluding hydrogens is 282 g/mol. The number of thioether (sulfide) groups is 1. The van der Waals surface area contributed by atoms with Crippen LogP contribution in [0.5, 0.6) is 0 Å². The van der Waals surface area contributed by atoms with E-state index in [0.29, 0.717) is 0 Å². The number of aryl methyl sites for hydroxylation is 1. The van der Waals surface area contributed by atoms with Crippen molar-refractivity contribution < 1.29 is 0 Å². The van der Waals surface area contributed by atoms with Crippen molar-refractivity contribution in [1.29, 1.82) is 0 Å². The van der Waals surface area contributed by atoms with Crippen molar-refractivity contribution in [3.63, 3.8) is 0 Å². The van der Waals surface area contributed by atoms with Crippen molar-refractivity contribution in [3.05, 3.63) is 12.0 Å². The highest BCUT2D eigenvalue weighted by Gasteiger charge is 2.16. The molecular formula is C15H23N5S. The van der Waals surface area contributed by atoms with Gasteiger partial charge in [0.15, 0.2) is 5.65 Å². The first-order valence-corrected chi connectivity index (χ1v) is 8.93. The Hall–Kier alpha value is -1.30. The minimum Gasteiger partial charge on any atom is -0.370 e. The first-order chi connectivity index (χ1) is 10.3. The summed E-state index contributed by atoms with van der Waals surface area (Å²) in [6.45, 7) is 2.94. The first-order valence-electron chi connectivity index (χ1n) is 7.78. The smallest absolute Gasteiger partial charge is 0.163 e. The highest BCUT2D eigenvalue weighted by molar-refractivity contribution is 7.98. The number of aromatic nitrogens is 4. The number of anilines is 1. The summed E-state index contributed by atoms with van der Waals surface area (Å²) in [6.07, 6.45) is 7.46. The van der Waals surface area contributed by atoms with E-state index in [4.69, 9.17) is 0 Å². The van der Waals surface area contributed by atoms with E-state index in [1.165, 1.54) is 31.4 Å². The lowest BCUT2D eigenvalue weighted by atomic mass is 10.1. The zero-order valence-corrected chi connectivity index (χ0v) is 13.6. The zero-order valence-electron chi connectivity index (χ0n) is 12.8. The summed E-state index contributed by atoms with van der Waals surface area (Å²) in [6, 6.07) is 0. The second kappa shape index (κ2) is 6.64. The predicted molar refractivity (Wildman–Crippen MR) is 88.6 cm³/mol. The lowest BCUT2D eigenvalue weighted by Gasteiger charge is -2.09. The average molecular weight is 305 g/mol. The number of nitrogens with one attached hydrogen (secondary N) is 1. The third kappa shape index (κ3) is 3.31. The molecule has 0 spiro atoms. The molecule has 1 aliphatic carbocycles. The Balaban J connectivity index is 1.73. The molecule has 5 nitrogen and oxygen atoms in total. The van der Waals surface area contributed by atoms with Gasteiger partial charge in [-0.1, -0.05) is 12.8 Å². The molecule has 114 valence electrons. The van der Waals surface area contributed by atoms with Crippen LogP contribution in [-0.4, -0.2) is 32.0 Å². The lowest BCUT2D eigenvalue weighted by molar-refractivity contribution is 0.623. The Morgan fingerprint density at radius 3 is 2.90 bits per heavy atom. The van der Waals surface area contributed by atoms with Gasteiger partial charge < -0.3 is 5.32 Å². The van der Waals surface area contributed by atoms with Gasteiger partial charge >= 0.3 is 0 Å². The van der Waals surface area contributed by atoms with Gasteiger partial charge in [0.05, 0.1) is 17.3 Å². The molecule has 1 fully saturated rings. The summed E-state index contributed by atoms with van der Waals surface area (Å²) in [5.74, 6) is 4.85. The van der Waals surface area contributed by atoms with Crippen LogP contribution >= 0.6 is 11.8 Å². The van der Waals surface area contributed by atoms with E-state index in [1.807, 2.05) is 29.7 Å². The summed E-state index contributed by atoms with van der Waals surface area (Å²) < 4.78 is 1.82. The van der Waals surface area contributed by atoms with Crippen molar-refractivity contribution in [2.24, 2.45) is 13.0 Å². The Bertz CT molecular complexity index is 603. The summed E-state index contributed by atoms with van der Waals surface area (Å²) in [5, 5.41) is 8.62. The van der Waals surface area contributed by atoms with Gasteiger partial charge in [0, 0.05) is 13.6 Å². The van der Waals surface area contributed by atoms with Gasteiger partial charge in [-0.25, -0.2) is 9.97 Å². The van der Waals surface area contributed by atoms with Gasteiger partial charge in [-0.05, 0) is 31.4 Å². The van der Waals surface area contributed by atoms with Crippen LogP contribution in [0.4, 0.5) is 5.82 Å². The van der Waals surface area contributed by atoms with Gasteiger partial charge in [0.1, 0.15) is 11.6 Å². The molecule has 1 N–H and O–H groups in total. The third-order valence-corrected chi connectivity index (χ3v) is 5.21. The van der Waals surface area contributed by atoms with Gasteiger partial charge in [-0.15, -0.1) is 0 Å². The Labute approximate surface area is 129 Å². The highest BCUT2D eigenvalue weighted by Crippen LogP contribution is 2.29. The van der Waals surface area contributed by atoms with Crippen LogP contribution in [-0.2, 0) is 12.8 Å². The van der Waals surface area contributed by atoms with Crippen LogP contribution < -0.4 is 5.32 Å². The fraction of sp³-hybridized carbons (Fsp3) is 0.667. The van der Waals surface area contributed by atoms with Crippen molar-refractivity contribution in [3.8, 4) is 0 Å². The molecule has 1 saturated carbocycles. The average Bonchev–Trinajstić information content (AvgIpc) is 3.10. The number of nitrogens with zero attached hydrogens (tertiary/aromatic N) is 4. The minimum atomic E-state index is 0.857. The van der Waals surface area contributed by atoms with Crippen LogP contribution in [0.2, 0.25) is 0 Å². The van der Waals surface area contributed by atoms with E-state index in [-0.39, 0.29) is 0 Å². The molecule has 0 unspecified atom stereocenters. The summed E-state index contributed by atoms with van der Waals surface area (Å²) in [7, 11) is 1.93. The molecule has 6 heteroatoms. The standard InChI is InChI=1S/C15H23N5S/c1-3-16-14-12-8-17-20(2)15(12)19-13(18-14)10-21-9-11-6-4-5-7-11/h8,11H,3-7,9-10H2,1-2H3,(H,16,18,19). The quantitative estimate of drug-likeness (QED) is 0.888. The molecule has 1 aliphatic rings. The third-order valence-electron chi connectivity index (χ3n) is 4.04. The molecule has 0 aromatic carbocycles. The van der Waals surface area contributed by atoms with E-state index < -0.39 is 0 Å². The monoisotopic (exact) mass is 305 g/mol. The summed E-state index contributed by atoms with van der Waals surface area (Å²) in [5.41, 5.74) is 0.914.